The third-order valence-electron chi connectivity index (χ3n) is 2.62. The Bertz CT molecular complexity index is 435. The highest BCUT2D eigenvalue weighted by Gasteiger charge is 2.27. The first kappa shape index (κ1) is 14.0. The molecular formula is C12H16BrFN2O. The Morgan fingerprint density at radius 3 is 2.59 bits per heavy atom. The van der Waals surface area contributed by atoms with Gasteiger partial charge in [-0.25, -0.2) is 4.39 Å². The topological polar surface area (TPSA) is 46.3 Å². The summed E-state index contributed by atoms with van der Waals surface area (Å²) in [7, 11) is 1.73. The molecule has 0 aliphatic heterocycles. The largest absolute Gasteiger partial charge is 0.371 e. The Morgan fingerprint density at radius 1 is 1.53 bits per heavy atom. The number of nitrogens with zero attached hydrogens (tertiary/aromatic N) is 1. The minimum absolute atomic E-state index is 0.331. The molecule has 0 unspecified atom stereocenters. The molecule has 0 radical (unpaired) electrons. The molecule has 0 aliphatic rings. The molecule has 0 fully saturated rings. The van der Waals surface area contributed by atoms with Gasteiger partial charge < -0.3 is 10.6 Å². The maximum atomic E-state index is 13.7. The van der Waals surface area contributed by atoms with Gasteiger partial charge in [-0.1, -0.05) is 15.9 Å². The van der Waals surface area contributed by atoms with E-state index < -0.39 is 11.3 Å². The SMILES string of the molecule is CN(CC(C)(C)C(N)=O)c1ccc(Br)cc1F. The van der Waals surface area contributed by atoms with Crippen molar-refractivity contribution in [1.82, 2.24) is 0 Å². The number of benzene rings is 1. The molecule has 1 amide bonds. The number of hydrogen-bond donors (Lipinski definition) is 1. The first-order valence-corrected chi connectivity index (χ1v) is 5.99. The van der Waals surface area contributed by atoms with Crippen LogP contribution in [0.1, 0.15) is 13.8 Å². The van der Waals surface area contributed by atoms with E-state index in [0.29, 0.717) is 16.7 Å². The Morgan fingerprint density at radius 2 is 2.12 bits per heavy atom. The first-order valence-electron chi connectivity index (χ1n) is 5.20. The Hall–Kier alpha value is -1.10. The van der Waals surface area contributed by atoms with Gasteiger partial charge in [0.15, 0.2) is 0 Å². The number of carbonyl (C=O) groups is 1. The number of anilines is 1. The van der Waals surface area contributed by atoms with Crippen LogP contribution in [0.2, 0.25) is 0 Å². The molecule has 0 aromatic heterocycles. The number of carbonyl (C=O) groups excluding carboxylic acids is 1. The van der Waals surface area contributed by atoms with Gasteiger partial charge in [0.1, 0.15) is 5.82 Å². The summed E-state index contributed by atoms with van der Waals surface area (Å²) in [6, 6.07) is 4.81. The van der Waals surface area contributed by atoms with Crippen molar-refractivity contribution in [2.24, 2.45) is 11.1 Å². The molecule has 0 bridgehead atoms. The molecular weight excluding hydrogens is 287 g/mol. The summed E-state index contributed by atoms with van der Waals surface area (Å²) < 4.78 is 14.4. The van der Waals surface area contributed by atoms with E-state index in [-0.39, 0.29) is 5.82 Å². The molecule has 17 heavy (non-hydrogen) atoms. The van der Waals surface area contributed by atoms with E-state index in [2.05, 4.69) is 15.9 Å². The fraction of sp³-hybridized carbons (Fsp3) is 0.417. The van der Waals surface area contributed by atoms with Gasteiger partial charge in [0.25, 0.3) is 0 Å². The summed E-state index contributed by atoms with van der Waals surface area (Å²) in [6.07, 6.45) is 0. The average Bonchev–Trinajstić information content (AvgIpc) is 2.15. The van der Waals surface area contributed by atoms with E-state index in [4.69, 9.17) is 5.73 Å². The van der Waals surface area contributed by atoms with Crippen molar-refractivity contribution in [3.8, 4) is 0 Å². The fourth-order valence-corrected chi connectivity index (χ4v) is 1.88. The minimum Gasteiger partial charge on any atom is -0.371 e. The quantitative estimate of drug-likeness (QED) is 0.929. The van der Waals surface area contributed by atoms with Gasteiger partial charge in [-0.3, -0.25) is 4.79 Å². The minimum atomic E-state index is -0.700. The second-order valence-corrected chi connectivity index (χ2v) is 5.62. The molecule has 0 heterocycles. The first-order chi connectivity index (χ1) is 7.74. The lowest BCUT2D eigenvalue weighted by Crippen LogP contribution is -2.41. The van der Waals surface area contributed by atoms with Gasteiger partial charge in [-0.05, 0) is 32.0 Å². The highest BCUT2D eigenvalue weighted by molar-refractivity contribution is 9.10. The van der Waals surface area contributed by atoms with E-state index in [1.807, 2.05) is 0 Å². The average molecular weight is 303 g/mol. The molecule has 1 rings (SSSR count). The summed E-state index contributed by atoms with van der Waals surface area (Å²) >= 11 is 3.20. The van der Waals surface area contributed by atoms with Crippen molar-refractivity contribution in [3.05, 3.63) is 28.5 Å². The van der Waals surface area contributed by atoms with Crippen LogP contribution in [0.25, 0.3) is 0 Å². The zero-order valence-electron chi connectivity index (χ0n) is 10.1. The zero-order valence-corrected chi connectivity index (χ0v) is 11.7. The van der Waals surface area contributed by atoms with Crippen molar-refractivity contribution in [2.75, 3.05) is 18.5 Å². The molecule has 0 spiro atoms. The summed E-state index contributed by atoms with van der Waals surface area (Å²) in [6.45, 7) is 3.84. The zero-order chi connectivity index (χ0) is 13.2. The van der Waals surface area contributed by atoms with Crippen molar-refractivity contribution in [2.45, 2.75) is 13.8 Å². The van der Waals surface area contributed by atoms with Crippen LogP contribution in [0.4, 0.5) is 10.1 Å². The second kappa shape index (κ2) is 5.04. The molecule has 0 saturated heterocycles. The third-order valence-corrected chi connectivity index (χ3v) is 3.11. The maximum Gasteiger partial charge on any atom is 0.224 e. The van der Waals surface area contributed by atoms with Crippen LogP contribution in [0.3, 0.4) is 0 Å². The Kier molecular flexibility index (Phi) is 4.14. The lowest BCUT2D eigenvalue weighted by molar-refractivity contribution is -0.125. The highest BCUT2D eigenvalue weighted by Crippen LogP contribution is 2.25. The molecule has 3 nitrogen and oxygen atoms in total. The number of amides is 1. The van der Waals surface area contributed by atoms with Crippen LogP contribution < -0.4 is 10.6 Å². The van der Waals surface area contributed by atoms with Crippen LogP contribution in [0, 0.1) is 11.2 Å². The van der Waals surface area contributed by atoms with Gasteiger partial charge in [0, 0.05) is 18.1 Å². The van der Waals surface area contributed by atoms with Gasteiger partial charge >= 0.3 is 0 Å². The number of primary amides is 1. The molecule has 1 aromatic carbocycles. The molecule has 0 aliphatic carbocycles. The second-order valence-electron chi connectivity index (χ2n) is 4.70. The Balaban J connectivity index is 2.90. The van der Waals surface area contributed by atoms with E-state index in [9.17, 15) is 9.18 Å². The number of halogens is 2. The smallest absolute Gasteiger partial charge is 0.224 e. The van der Waals surface area contributed by atoms with Gasteiger partial charge in [0.05, 0.1) is 11.1 Å². The molecule has 0 atom stereocenters. The van der Waals surface area contributed by atoms with E-state index in [0.717, 1.165) is 0 Å². The number of nitrogens with two attached hydrogens (primary N) is 1. The standard InChI is InChI=1S/C12H16BrFN2O/c1-12(2,11(15)17)7-16(3)10-5-4-8(13)6-9(10)14/h4-6H,7H2,1-3H3,(H2,15,17). The molecule has 5 heteroatoms. The van der Waals surface area contributed by atoms with Crippen molar-refractivity contribution in [1.29, 1.82) is 0 Å². The molecule has 94 valence electrons. The van der Waals surface area contributed by atoms with E-state index >= 15 is 0 Å². The molecule has 2 N–H and O–H groups in total. The van der Waals surface area contributed by atoms with Crippen LogP contribution in [-0.4, -0.2) is 19.5 Å². The molecule has 0 saturated carbocycles. The lowest BCUT2D eigenvalue weighted by Gasteiger charge is -2.29. The monoisotopic (exact) mass is 302 g/mol. The van der Waals surface area contributed by atoms with Crippen molar-refractivity contribution >= 4 is 27.5 Å². The van der Waals surface area contributed by atoms with Crippen molar-refractivity contribution < 1.29 is 9.18 Å². The summed E-state index contributed by atoms with van der Waals surface area (Å²) in [5.74, 6) is -0.732. The maximum absolute atomic E-state index is 13.7. The number of rotatable bonds is 4. The lowest BCUT2D eigenvalue weighted by atomic mass is 9.92. The van der Waals surface area contributed by atoms with Crippen LogP contribution >= 0.6 is 15.9 Å². The van der Waals surface area contributed by atoms with E-state index in [1.54, 1.807) is 37.9 Å². The predicted octanol–water partition coefficient (Wildman–Crippen LogP) is 2.54. The van der Waals surface area contributed by atoms with Gasteiger partial charge in [-0.2, -0.15) is 0 Å². The summed E-state index contributed by atoms with van der Waals surface area (Å²) in [5.41, 5.74) is 5.04. The summed E-state index contributed by atoms with van der Waals surface area (Å²) in [4.78, 5) is 12.9. The third kappa shape index (κ3) is 3.43. The Labute approximate surface area is 109 Å². The predicted molar refractivity (Wildman–Crippen MR) is 70.3 cm³/mol. The number of hydrogen-bond acceptors (Lipinski definition) is 2. The van der Waals surface area contributed by atoms with Crippen LogP contribution in [-0.2, 0) is 4.79 Å². The summed E-state index contributed by atoms with van der Waals surface area (Å²) in [5, 5.41) is 0. The van der Waals surface area contributed by atoms with Gasteiger partial charge in [-0.15, -0.1) is 0 Å². The normalized spacial score (nSPS) is 11.4. The molecule has 1 aromatic rings. The van der Waals surface area contributed by atoms with Crippen LogP contribution in [0.5, 0.6) is 0 Å². The van der Waals surface area contributed by atoms with Crippen molar-refractivity contribution in [3.63, 3.8) is 0 Å². The van der Waals surface area contributed by atoms with Gasteiger partial charge in [0.2, 0.25) is 5.91 Å². The van der Waals surface area contributed by atoms with Crippen LogP contribution in [0.15, 0.2) is 22.7 Å². The van der Waals surface area contributed by atoms with E-state index in [1.165, 1.54) is 6.07 Å². The highest BCUT2D eigenvalue weighted by atomic mass is 79.9. The fourth-order valence-electron chi connectivity index (χ4n) is 1.55.